The van der Waals surface area contributed by atoms with Gasteiger partial charge in [0.25, 0.3) is 5.56 Å². The lowest BCUT2D eigenvalue weighted by molar-refractivity contribution is 0.340. The highest BCUT2D eigenvalue weighted by atomic mass is 35.5. The Hall–Kier alpha value is -2.48. The number of para-hydroxylation sites is 1. The van der Waals surface area contributed by atoms with Crippen LogP contribution in [-0.4, -0.2) is 28.5 Å². The summed E-state index contributed by atoms with van der Waals surface area (Å²) in [5.74, 6) is 2.06. The van der Waals surface area contributed by atoms with Crippen LogP contribution in [0.5, 0.6) is 11.5 Å². The monoisotopic (exact) mass is 498 g/mol. The molecule has 0 spiro atoms. The third kappa shape index (κ3) is 4.50. The number of ether oxygens (including phenoxy) is 2. The Morgan fingerprint density at radius 1 is 1.12 bits per heavy atom. The molecule has 0 atom stereocenters. The first-order valence-electron chi connectivity index (χ1n) is 11.0. The first-order chi connectivity index (χ1) is 16.2. The molecule has 1 aliphatic rings. The molecule has 5 rings (SSSR count). The van der Waals surface area contributed by atoms with E-state index in [1.54, 1.807) is 22.0 Å². The van der Waals surface area contributed by atoms with Crippen molar-refractivity contribution in [1.82, 2.24) is 9.55 Å². The van der Waals surface area contributed by atoms with Gasteiger partial charge in [-0.05, 0) is 68.1 Å². The second-order valence-corrected chi connectivity index (χ2v) is 10.2. The van der Waals surface area contributed by atoms with Gasteiger partial charge in [0.15, 0.2) is 5.16 Å². The van der Waals surface area contributed by atoms with Crippen molar-refractivity contribution < 1.29 is 9.47 Å². The van der Waals surface area contributed by atoms with Crippen LogP contribution < -0.4 is 15.0 Å². The topological polar surface area (TPSA) is 53.4 Å². The molecular weight excluding hydrogens is 476 g/mol. The van der Waals surface area contributed by atoms with Gasteiger partial charge < -0.3 is 9.47 Å². The average Bonchev–Trinajstić information content (AvgIpc) is 3.40. The Labute approximate surface area is 205 Å². The highest BCUT2D eigenvalue weighted by Crippen LogP contribution is 2.36. The number of aromatic nitrogens is 2. The standard InChI is InChI=1S/C25H23ClN2O3S2/c1-2-30-17-12-10-16(11-13-17)28-24(29)22-18-6-5-9-21(18)33-23(22)27-25(28)32-15-14-31-20-8-4-3-7-19(20)26/h3-4,7-8,10-13H,2,5-6,9,14-15H2,1H3. The van der Waals surface area contributed by atoms with Crippen molar-refractivity contribution in [2.24, 2.45) is 0 Å². The van der Waals surface area contributed by atoms with E-state index in [2.05, 4.69) is 0 Å². The van der Waals surface area contributed by atoms with Gasteiger partial charge in [-0.15, -0.1) is 11.3 Å². The van der Waals surface area contributed by atoms with Gasteiger partial charge in [0, 0.05) is 10.6 Å². The lowest BCUT2D eigenvalue weighted by Crippen LogP contribution is -2.22. The van der Waals surface area contributed by atoms with E-state index in [1.807, 2.05) is 49.4 Å². The molecule has 0 N–H and O–H groups in total. The molecule has 0 saturated carbocycles. The molecule has 170 valence electrons. The predicted molar refractivity (Wildman–Crippen MR) is 136 cm³/mol. The van der Waals surface area contributed by atoms with Crippen molar-refractivity contribution in [2.45, 2.75) is 31.3 Å². The van der Waals surface area contributed by atoms with E-state index in [-0.39, 0.29) is 5.56 Å². The van der Waals surface area contributed by atoms with Crippen molar-refractivity contribution in [3.63, 3.8) is 0 Å². The van der Waals surface area contributed by atoms with Crippen LogP contribution in [0.2, 0.25) is 5.02 Å². The fraction of sp³-hybridized carbons (Fsp3) is 0.280. The highest BCUT2D eigenvalue weighted by Gasteiger charge is 2.24. The molecule has 2 aromatic carbocycles. The largest absolute Gasteiger partial charge is 0.494 e. The Morgan fingerprint density at radius 2 is 1.94 bits per heavy atom. The maximum atomic E-state index is 13.7. The summed E-state index contributed by atoms with van der Waals surface area (Å²) in [6.45, 7) is 3.00. The number of hydrogen-bond donors (Lipinski definition) is 0. The number of benzene rings is 2. The summed E-state index contributed by atoms with van der Waals surface area (Å²) in [4.78, 5) is 20.8. The summed E-state index contributed by atoms with van der Waals surface area (Å²) in [6.07, 6.45) is 3.09. The fourth-order valence-electron chi connectivity index (χ4n) is 4.05. The van der Waals surface area contributed by atoms with E-state index in [0.717, 1.165) is 40.9 Å². The van der Waals surface area contributed by atoms with E-state index >= 15 is 0 Å². The third-order valence-electron chi connectivity index (χ3n) is 5.52. The number of thiophene rings is 1. The molecule has 0 saturated heterocycles. The Kier molecular flexibility index (Phi) is 6.62. The van der Waals surface area contributed by atoms with Crippen LogP contribution >= 0.6 is 34.7 Å². The molecule has 0 amide bonds. The summed E-state index contributed by atoms with van der Waals surface area (Å²) in [6, 6.07) is 15.0. The molecule has 0 bridgehead atoms. The van der Waals surface area contributed by atoms with Crippen LogP contribution in [0.25, 0.3) is 15.9 Å². The summed E-state index contributed by atoms with van der Waals surface area (Å²) >= 11 is 9.35. The van der Waals surface area contributed by atoms with E-state index in [4.69, 9.17) is 26.1 Å². The maximum absolute atomic E-state index is 13.7. The number of halogens is 1. The van der Waals surface area contributed by atoms with Crippen molar-refractivity contribution in [3.05, 3.63) is 74.3 Å². The number of fused-ring (bicyclic) bond motifs is 3. The van der Waals surface area contributed by atoms with Crippen LogP contribution in [0.4, 0.5) is 0 Å². The second-order valence-electron chi connectivity index (χ2n) is 7.63. The van der Waals surface area contributed by atoms with Gasteiger partial charge in [-0.25, -0.2) is 4.98 Å². The van der Waals surface area contributed by atoms with Crippen LogP contribution in [0.1, 0.15) is 23.8 Å². The molecule has 2 aromatic heterocycles. The molecular formula is C25H23ClN2O3S2. The lowest BCUT2D eigenvalue weighted by atomic mass is 10.2. The number of rotatable bonds is 8. The van der Waals surface area contributed by atoms with Crippen molar-refractivity contribution >= 4 is 44.9 Å². The molecule has 5 nitrogen and oxygen atoms in total. The second kappa shape index (κ2) is 9.79. The van der Waals surface area contributed by atoms with Gasteiger partial charge in [0.2, 0.25) is 0 Å². The minimum atomic E-state index is -0.00178. The first kappa shape index (κ1) is 22.3. The molecule has 4 aromatic rings. The zero-order chi connectivity index (χ0) is 22.8. The zero-order valence-electron chi connectivity index (χ0n) is 18.2. The Balaban J connectivity index is 1.47. The van der Waals surface area contributed by atoms with Crippen LogP contribution in [-0.2, 0) is 12.8 Å². The van der Waals surface area contributed by atoms with Gasteiger partial charge in [-0.1, -0.05) is 35.5 Å². The normalized spacial score (nSPS) is 12.8. The number of aryl methyl sites for hydroxylation is 2. The highest BCUT2D eigenvalue weighted by molar-refractivity contribution is 7.99. The third-order valence-corrected chi connectivity index (χ3v) is 7.92. The summed E-state index contributed by atoms with van der Waals surface area (Å²) in [5, 5.41) is 2.03. The minimum Gasteiger partial charge on any atom is -0.494 e. The first-order valence-corrected chi connectivity index (χ1v) is 13.1. The van der Waals surface area contributed by atoms with Gasteiger partial charge in [-0.3, -0.25) is 9.36 Å². The van der Waals surface area contributed by atoms with E-state index in [0.29, 0.717) is 34.9 Å². The van der Waals surface area contributed by atoms with Crippen LogP contribution in [0.15, 0.2) is 58.5 Å². The zero-order valence-corrected chi connectivity index (χ0v) is 20.6. The SMILES string of the molecule is CCOc1ccc(-n2c(SCCOc3ccccc3Cl)nc3sc4c(c3c2=O)CCC4)cc1. The van der Waals surface area contributed by atoms with Gasteiger partial charge in [0.1, 0.15) is 16.3 Å². The van der Waals surface area contributed by atoms with E-state index < -0.39 is 0 Å². The van der Waals surface area contributed by atoms with Crippen molar-refractivity contribution in [3.8, 4) is 17.2 Å². The molecule has 33 heavy (non-hydrogen) atoms. The van der Waals surface area contributed by atoms with Gasteiger partial charge in [-0.2, -0.15) is 0 Å². The van der Waals surface area contributed by atoms with Gasteiger partial charge >= 0.3 is 0 Å². The van der Waals surface area contributed by atoms with Crippen LogP contribution in [0.3, 0.4) is 0 Å². The molecule has 0 fully saturated rings. The molecule has 2 heterocycles. The molecule has 0 radical (unpaired) electrons. The quantitative estimate of drug-likeness (QED) is 0.165. The smallest absolute Gasteiger partial charge is 0.267 e. The van der Waals surface area contributed by atoms with Crippen molar-refractivity contribution in [2.75, 3.05) is 19.0 Å². The molecule has 0 aliphatic heterocycles. The van der Waals surface area contributed by atoms with E-state index in [1.165, 1.54) is 22.2 Å². The van der Waals surface area contributed by atoms with Crippen LogP contribution in [0, 0.1) is 0 Å². The average molecular weight is 499 g/mol. The number of hydrogen-bond acceptors (Lipinski definition) is 6. The molecule has 1 aliphatic carbocycles. The molecule has 0 unspecified atom stereocenters. The minimum absolute atomic E-state index is 0.00178. The molecule has 8 heteroatoms. The lowest BCUT2D eigenvalue weighted by Gasteiger charge is -2.14. The Bertz CT molecular complexity index is 1350. The number of thioether (sulfide) groups is 1. The van der Waals surface area contributed by atoms with Gasteiger partial charge in [0.05, 0.1) is 29.3 Å². The number of nitrogens with zero attached hydrogens (tertiary/aromatic N) is 2. The predicted octanol–water partition coefficient (Wildman–Crippen LogP) is 6.16. The maximum Gasteiger partial charge on any atom is 0.267 e. The summed E-state index contributed by atoms with van der Waals surface area (Å²) < 4.78 is 13.1. The van der Waals surface area contributed by atoms with Crippen molar-refractivity contribution in [1.29, 1.82) is 0 Å². The van der Waals surface area contributed by atoms with E-state index in [9.17, 15) is 4.79 Å². The summed E-state index contributed by atoms with van der Waals surface area (Å²) in [5.41, 5.74) is 1.97. The fourth-order valence-corrected chi connectivity index (χ4v) is 6.38. The summed E-state index contributed by atoms with van der Waals surface area (Å²) in [7, 11) is 0. The Morgan fingerprint density at radius 3 is 2.73 bits per heavy atom.